The van der Waals surface area contributed by atoms with Gasteiger partial charge in [0.1, 0.15) is 23.6 Å². The number of hydrogen-bond acceptors (Lipinski definition) is 6. The first-order chi connectivity index (χ1) is 13.7. The van der Waals surface area contributed by atoms with Gasteiger partial charge >= 0.3 is 6.36 Å². The quantitative estimate of drug-likeness (QED) is 0.378. The highest BCUT2D eigenvalue weighted by Crippen LogP contribution is 2.26. The topological polar surface area (TPSA) is 64.1 Å². The maximum Gasteiger partial charge on any atom is 0.573 e. The van der Waals surface area contributed by atoms with Gasteiger partial charge in [0, 0.05) is 24.2 Å². The van der Waals surface area contributed by atoms with Crippen LogP contribution >= 0.6 is 12.2 Å². The fraction of sp³-hybridized carbons (Fsp3) is 0.158. The van der Waals surface area contributed by atoms with Crippen molar-refractivity contribution in [2.24, 2.45) is 5.16 Å². The van der Waals surface area contributed by atoms with Crippen LogP contribution in [0.25, 0.3) is 5.70 Å². The van der Waals surface area contributed by atoms with E-state index in [1.54, 1.807) is 31.3 Å². The molecular formula is C19H18F3N3O3S. The number of hydrogen-bond donors (Lipinski definition) is 2. The number of alkyl halides is 3. The van der Waals surface area contributed by atoms with Crippen molar-refractivity contribution < 1.29 is 27.6 Å². The van der Waals surface area contributed by atoms with Crippen LogP contribution in [-0.2, 0) is 4.84 Å². The third-order valence-electron chi connectivity index (χ3n) is 3.46. The summed E-state index contributed by atoms with van der Waals surface area (Å²) < 4.78 is 40.9. The molecule has 0 aliphatic heterocycles. The van der Waals surface area contributed by atoms with Crippen molar-refractivity contribution in [3.8, 4) is 11.5 Å². The summed E-state index contributed by atoms with van der Waals surface area (Å²) in [5.74, 6) is -0.307. The molecule has 2 N–H and O–H groups in total. The molecule has 0 aromatic heterocycles. The molecule has 2 rings (SSSR count). The van der Waals surface area contributed by atoms with E-state index in [0.29, 0.717) is 27.5 Å². The van der Waals surface area contributed by atoms with E-state index in [1.165, 1.54) is 19.2 Å². The number of rotatable bonds is 8. The number of nitrogens with zero attached hydrogens (tertiary/aromatic N) is 1. The second-order valence-corrected chi connectivity index (χ2v) is 5.86. The second-order valence-electron chi connectivity index (χ2n) is 5.45. The lowest BCUT2D eigenvalue weighted by Crippen LogP contribution is -2.28. The predicted molar refractivity (Wildman–Crippen MR) is 108 cm³/mol. The molecule has 0 saturated heterocycles. The molecule has 6 nitrogen and oxygen atoms in total. The van der Waals surface area contributed by atoms with Crippen LogP contribution in [0.15, 0.2) is 60.3 Å². The molecule has 2 aromatic carbocycles. The Hall–Kier alpha value is -3.27. The van der Waals surface area contributed by atoms with Gasteiger partial charge in [-0.25, -0.2) is 5.48 Å². The van der Waals surface area contributed by atoms with Crippen LogP contribution in [0, 0.1) is 0 Å². The lowest BCUT2D eigenvalue weighted by Gasteiger charge is -2.16. The van der Waals surface area contributed by atoms with Crippen LogP contribution in [0.5, 0.6) is 11.5 Å². The molecule has 0 atom stereocenters. The van der Waals surface area contributed by atoms with E-state index in [1.807, 2.05) is 0 Å². The number of likely N-dealkylation sites (N-methyl/N-ethyl adjacent to an activating group) is 1. The second kappa shape index (κ2) is 9.78. The SMILES string of the molecule is C=C(NOc1cccc(OC(F)(F)F)c1)c1ccccc1C(=NOC)C(=S)NC. The average Bonchev–Trinajstić information content (AvgIpc) is 2.68. The van der Waals surface area contributed by atoms with Gasteiger partial charge in [-0.2, -0.15) is 0 Å². The van der Waals surface area contributed by atoms with E-state index in [4.69, 9.17) is 21.9 Å². The third kappa shape index (κ3) is 6.39. The van der Waals surface area contributed by atoms with Gasteiger partial charge in [0.15, 0.2) is 5.75 Å². The predicted octanol–water partition coefficient (Wildman–Crippen LogP) is 4.04. The van der Waals surface area contributed by atoms with Gasteiger partial charge in [-0.05, 0) is 12.1 Å². The summed E-state index contributed by atoms with van der Waals surface area (Å²) in [4.78, 5) is 10.6. The van der Waals surface area contributed by atoms with Gasteiger partial charge in [0.05, 0.1) is 5.70 Å². The van der Waals surface area contributed by atoms with Gasteiger partial charge in [-0.15, -0.1) is 13.2 Å². The Kier molecular flexibility index (Phi) is 7.43. The van der Waals surface area contributed by atoms with Crippen molar-refractivity contribution in [3.63, 3.8) is 0 Å². The minimum atomic E-state index is -4.79. The Morgan fingerprint density at radius 1 is 1.07 bits per heavy atom. The van der Waals surface area contributed by atoms with Gasteiger partial charge in [-0.3, -0.25) is 0 Å². The van der Waals surface area contributed by atoms with E-state index < -0.39 is 12.1 Å². The molecule has 0 fully saturated rings. The van der Waals surface area contributed by atoms with Crippen LogP contribution in [0.3, 0.4) is 0 Å². The highest BCUT2D eigenvalue weighted by Gasteiger charge is 2.31. The monoisotopic (exact) mass is 425 g/mol. The number of nitrogens with one attached hydrogen (secondary N) is 2. The van der Waals surface area contributed by atoms with Crippen molar-refractivity contribution >= 4 is 28.6 Å². The highest BCUT2D eigenvalue weighted by molar-refractivity contribution is 7.82. The molecule has 0 radical (unpaired) electrons. The number of hydroxylamine groups is 1. The molecule has 0 unspecified atom stereocenters. The summed E-state index contributed by atoms with van der Waals surface area (Å²) in [6.07, 6.45) is -4.79. The Morgan fingerprint density at radius 2 is 1.72 bits per heavy atom. The smallest absolute Gasteiger partial charge is 0.406 e. The number of halogens is 3. The summed E-state index contributed by atoms with van der Waals surface area (Å²) in [5.41, 5.74) is 4.53. The molecule has 0 aliphatic carbocycles. The molecule has 10 heteroatoms. The zero-order chi connectivity index (χ0) is 21.4. The molecule has 2 aromatic rings. The number of benzene rings is 2. The Labute approximate surface area is 170 Å². The Balaban J connectivity index is 2.20. The zero-order valence-corrected chi connectivity index (χ0v) is 16.4. The van der Waals surface area contributed by atoms with Crippen LogP contribution in [0.2, 0.25) is 0 Å². The number of ether oxygens (including phenoxy) is 1. The zero-order valence-electron chi connectivity index (χ0n) is 15.5. The lowest BCUT2D eigenvalue weighted by atomic mass is 10.0. The molecule has 0 aliphatic rings. The summed E-state index contributed by atoms with van der Waals surface area (Å²) in [5, 5.41) is 6.78. The normalized spacial score (nSPS) is 11.4. The maximum atomic E-state index is 12.4. The summed E-state index contributed by atoms with van der Waals surface area (Å²) in [6, 6.07) is 12.2. The fourth-order valence-corrected chi connectivity index (χ4v) is 2.43. The lowest BCUT2D eigenvalue weighted by molar-refractivity contribution is -0.274. The molecule has 29 heavy (non-hydrogen) atoms. The van der Waals surface area contributed by atoms with Crippen molar-refractivity contribution in [2.75, 3.05) is 14.2 Å². The van der Waals surface area contributed by atoms with Gasteiger partial charge in [0.2, 0.25) is 0 Å². The largest absolute Gasteiger partial charge is 0.573 e. The van der Waals surface area contributed by atoms with Crippen LogP contribution in [-0.4, -0.2) is 31.2 Å². The highest BCUT2D eigenvalue weighted by atomic mass is 32.1. The standard InChI is InChI=1S/C19H18F3N3O3S/c1-12(24-28-14-8-6-7-13(11-14)27-19(20,21)22)15-9-4-5-10-16(15)17(25-26-3)18(29)23-2/h4-11,24H,1H2,2-3H3,(H,23,29). The summed E-state index contributed by atoms with van der Waals surface area (Å²) in [6.45, 7) is 3.90. The van der Waals surface area contributed by atoms with Crippen molar-refractivity contribution in [2.45, 2.75) is 6.36 Å². The molecule has 154 valence electrons. The van der Waals surface area contributed by atoms with Gasteiger partial charge in [-0.1, -0.05) is 54.3 Å². The molecule has 0 amide bonds. The summed E-state index contributed by atoms with van der Waals surface area (Å²) >= 11 is 5.26. The number of oxime groups is 1. The van der Waals surface area contributed by atoms with Crippen LogP contribution in [0.4, 0.5) is 13.2 Å². The fourth-order valence-electron chi connectivity index (χ4n) is 2.29. The molecular weight excluding hydrogens is 407 g/mol. The van der Waals surface area contributed by atoms with Crippen molar-refractivity contribution in [1.82, 2.24) is 10.8 Å². The maximum absolute atomic E-state index is 12.4. The van der Waals surface area contributed by atoms with Crippen LogP contribution < -0.4 is 20.4 Å². The minimum Gasteiger partial charge on any atom is -0.406 e. The summed E-state index contributed by atoms with van der Waals surface area (Å²) in [7, 11) is 3.05. The average molecular weight is 425 g/mol. The molecule has 0 saturated carbocycles. The Bertz CT molecular complexity index is 917. The third-order valence-corrected chi connectivity index (χ3v) is 3.86. The first-order valence-corrected chi connectivity index (χ1v) is 8.56. The minimum absolute atomic E-state index is 0.0990. The first-order valence-electron chi connectivity index (χ1n) is 8.15. The van der Waals surface area contributed by atoms with E-state index in [0.717, 1.165) is 12.1 Å². The van der Waals surface area contributed by atoms with Crippen molar-refractivity contribution in [1.29, 1.82) is 0 Å². The van der Waals surface area contributed by atoms with E-state index in [2.05, 4.69) is 27.3 Å². The van der Waals surface area contributed by atoms with E-state index in [-0.39, 0.29) is 5.75 Å². The molecule has 0 heterocycles. The van der Waals surface area contributed by atoms with Gasteiger partial charge < -0.3 is 19.7 Å². The van der Waals surface area contributed by atoms with E-state index in [9.17, 15) is 13.2 Å². The molecule has 0 bridgehead atoms. The van der Waals surface area contributed by atoms with Crippen LogP contribution in [0.1, 0.15) is 11.1 Å². The van der Waals surface area contributed by atoms with Gasteiger partial charge in [0.25, 0.3) is 0 Å². The molecule has 0 spiro atoms. The Morgan fingerprint density at radius 3 is 2.34 bits per heavy atom. The van der Waals surface area contributed by atoms with E-state index >= 15 is 0 Å². The van der Waals surface area contributed by atoms with Crippen molar-refractivity contribution in [3.05, 3.63) is 66.2 Å². The number of thiocarbonyl (C=S) groups is 1. The first kappa shape index (κ1) is 22.0.